The van der Waals surface area contributed by atoms with Gasteiger partial charge in [-0.2, -0.15) is 0 Å². The third-order valence-corrected chi connectivity index (χ3v) is 5.12. The van der Waals surface area contributed by atoms with Crippen LogP contribution in [0.3, 0.4) is 0 Å². The highest BCUT2D eigenvalue weighted by Crippen LogP contribution is 2.31. The lowest BCUT2D eigenvalue weighted by molar-refractivity contribution is 0.102. The molecule has 28 heavy (non-hydrogen) atoms. The predicted molar refractivity (Wildman–Crippen MR) is 113 cm³/mol. The van der Waals surface area contributed by atoms with Gasteiger partial charge in [-0.15, -0.1) is 0 Å². The van der Waals surface area contributed by atoms with Crippen LogP contribution in [0.4, 0.5) is 5.69 Å². The third kappa shape index (κ3) is 3.61. The van der Waals surface area contributed by atoms with Crippen molar-refractivity contribution in [3.05, 3.63) is 75.7 Å². The highest BCUT2D eigenvalue weighted by Gasteiger charge is 2.14. The van der Waals surface area contributed by atoms with Crippen LogP contribution in [0, 0.1) is 0 Å². The van der Waals surface area contributed by atoms with Crippen LogP contribution in [0.2, 0.25) is 5.02 Å². The molecule has 4 rings (SSSR count). The second kappa shape index (κ2) is 7.66. The molecule has 5 nitrogen and oxygen atoms in total. The third-order valence-electron chi connectivity index (χ3n) is 4.17. The molecule has 0 saturated carbocycles. The number of ether oxygens (including phenoxy) is 1. The minimum Gasteiger partial charge on any atom is -0.496 e. The molecule has 1 aromatic heterocycles. The lowest BCUT2D eigenvalue weighted by Gasteiger charge is -2.10. The van der Waals surface area contributed by atoms with Crippen molar-refractivity contribution in [3.63, 3.8) is 0 Å². The summed E-state index contributed by atoms with van der Waals surface area (Å²) in [6.07, 6.45) is 0. The van der Waals surface area contributed by atoms with Gasteiger partial charge >= 0.3 is 0 Å². The van der Waals surface area contributed by atoms with E-state index in [1.165, 1.54) is 0 Å². The van der Waals surface area contributed by atoms with Crippen LogP contribution in [-0.2, 0) is 0 Å². The van der Waals surface area contributed by atoms with E-state index in [0.717, 1.165) is 5.52 Å². The first kappa shape index (κ1) is 18.5. The molecule has 3 aromatic carbocycles. The number of nitrogens with zero attached hydrogens (tertiary/aromatic N) is 1. The van der Waals surface area contributed by atoms with Gasteiger partial charge < -0.3 is 14.5 Å². The second-order valence-corrected chi connectivity index (χ2v) is 7.25. The zero-order valence-electron chi connectivity index (χ0n) is 14.7. The molecule has 0 aliphatic rings. The number of para-hydroxylation sites is 2. The van der Waals surface area contributed by atoms with Gasteiger partial charge in [0.05, 0.1) is 22.3 Å². The maximum absolute atomic E-state index is 12.6. The van der Waals surface area contributed by atoms with Crippen LogP contribution >= 0.6 is 27.5 Å². The molecule has 0 bridgehead atoms. The lowest BCUT2D eigenvalue weighted by atomic mass is 10.1. The van der Waals surface area contributed by atoms with Crippen LogP contribution < -0.4 is 10.1 Å². The van der Waals surface area contributed by atoms with E-state index >= 15 is 0 Å². The Hall–Kier alpha value is -2.83. The molecule has 1 N–H and O–H groups in total. The van der Waals surface area contributed by atoms with Crippen molar-refractivity contribution < 1.29 is 13.9 Å². The number of aromatic nitrogens is 1. The zero-order valence-corrected chi connectivity index (χ0v) is 17.0. The van der Waals surface area contributed by atoms with Gasteiger partial charge in [-0.25, -0.2) is 4.98 Å². The molecular formula is C21H14BrClN2O3. The Morgan fingerprint density at radius 1 is 1.14 bits per heavy atom. The number of carbonyl (C=O) groups excluding carboxylic acids is 1. The van der Waals surface area contributed by atoms with Crippen LogP contribution in [0.1, 0.15) is 10.4 Å². The monoisotopic (exact) mass is 456 g/mol. The molecule has 1 amide bonds. The van der Waals surface area contributed by atoms with Gasteiger partial charge in [0, 0.05) is 11.1 Å². The number of nitrogens with one attached hydrogen (secondary N) is 1. The average molecular weight is 458 g/mol. The maximum atomic E-state index is 12.6. The van der Waals surface area contributed by atoms with Crippen LogP contribution in [0.15, 0.2) is 69.6 Å². The van der Waals surface area contributed by atoms with E-state index < -0.39 is 0 Å². The summed E-state index contributed by atoms with van der Waals surface area (Å²) in [5, 5.41) is 3.25. The Morgan fingerprint density at radius 3 is 2.71 bits per heavy atom. The molecule has 7 heteroatoms. The number of methoxy groups -OCH3 is 1. The molecule has 0 fully saturated rings. The molecule has 4 aromatic rings. The zero-order chi connectivity index (χ0) is 19.7. The second-order valence-electron chi connectivity index (χ2n) is 5.98. The average Bonchev–Trinajstić information content (AvgIpc) is 3.13. The van der Waals surface area contributed by atoms with Gasteiger partial charge in [0.1, 0.15) is 11.3 Å². The maximum Gasteiger partial charge on any atom is 0.255 e. The van der Waals surface area contributed by atoms with E-state index in [1.807, 2.05) is 24.3 Å². The SMILES string of the molecule is COc1ccc(C(=O)Nc2cc(-c3nc4ccccc4o3)ccc2Cl)cc1Br. The highest BCUT2D eigenvalue weighted by molar-refractivity contribution is 9.10. The Balaban J connectivity index is 1.63. The Morgan fingerprint density at radius 2 is 1.96 bits per heavy atom. The Labute approximate surface area is 174 Å². The van der Waals surface area contributed by atoms with Crippen molar-refractivity contribution in [2.45, 2.75) is 0 Å². The fourth-order valence-electron chi connectivity index (χ4n) is 2.75. The smallest absolute Gasteiger partial charge is 0.255 e. The fraction of sp³-hybridized carbons (Fsp3) is 0.0476. The molecule has 140 valence electrons. The molecule has 0 aliphatic carbocycles. The van der Waals surface area contributed by atoms with Gasteiger partial charge in [-0.1, -0.05) is 23.7 Å². The Kier molecular flexibility index (Phi) is 5.07. The van der Waals surface area contributed by atoms with Crippen LogP contribution in [-0.4, -0.2) is 18.0 Å². The molecule has 1 heterocycles. The van der Waals surface area contributed by atoms with E-state index in [0.29, 0.717) is 43.5 Å². The standard InChI is InChI=1S/C21H14BrClN2O3/c1-27-18-9-7-12(10-14(18)22)20(26)24-17-11-13(6-8-15(17)23)21-25-16-4-2-3-5-19(16)28-21/h2-11H,1H3,(H,24,26). The quantitative estimate of drug-likeness (QED) is 0.398. The first-order chi connectivity index (χ1) is 13.5. The highest BCUT2D eigenvalue weighted by atomic mass is 79.9. The summed E-state index contributed by atoms with van der Waals surface area (Å²) < 4.78 is 11.7. The van der Waals surface area contributed by atoms with E-state index in [-0.39, 0.29) is 5.91 Å². The number of benzene rings is 3. The van der Waals surface area contributed by atoms with Crippen LogP contribution in [0.5, 0.6) is 5.75 Å². The molecule has 0 saturated heterocycles. The topological polar surface area (TPSA) is 64.4 Å². The van der Waals surface area contributed by atoms with Gasteiger partial charge in [0.2, 0.25) is 5.89 Å². The van der Waals surface area contributed by atoms with Crippen molar-refractivity contribution in [2.24, 2.45) is 0 Å². The molecule has 0 spiro atoms. The molecule has 0 radical (unpaired) electrons. The number of hydrogen-bond acceptors (Lipinski definition) is 4. The lowest BCUT2D eigenvalue weighted by Crippen LogP contribution is -2.12. The molecule has 0 atom stereocenters. The summed E-state index contributed by atoms with van der Waals surface area (Å²) >= 11 is 9.66. The van der Waals surface area contributed by atoms with E-state index in [2.05, 4.69) is 26.2 Å². The minimum atomic E-state index is -0.292. The number of hydrogen-bond donors (Lipinski definition) is 1. The van der Waals surface area contributed by atoms with E-state index in [9.17, 15) is 4.79 Å². The first-order valence-electron chi connectivity index (χ1n) is 8.35. The molecular weight excluding hydrogens is 444 g/mol. The van der Waals surface area contributed by atoms with Crippen molar-refractivity contribution >= 4 is 50.2 Å². The normalized spacial score (nSPS) is 10.8. The van der Waals surface area contributed by atoms with Gasteiger partial charge in [-0.05, 0) is 64.5 Å². The largest absolute Gasteiger partial charge is 0.496 e. The van der Waals surface area contributed by atoms with Gasteiger partial charge in [0.15, 0.2) is 5.58 Å². The number of halogens is 2. The first-order valence-corrected chi connectivity index (χ1v) is 9.52. The van der Waals surface area contributed by atoms with Gasteiger partial charge in [-0.3, -0.25) is 4.79 Å². The van der Waals surface area contributed by atoms with Crippen LogP contribution in [0.25, 0.3) is 22.6 Å². The fourth-order valence-corrected chi connectivity index (χ4v) is 3.46. The summed E-state index contributed by atoms with van der Waals surface area (Å²) in [6, 6.07) is 17.8. The number of rotatable bonds is 4. The number of amides is 1. The predicted octanol–water partition coefficient (Wildman–Crippen LogP) is 6.17. The van der Waals surface area contributed by atoms with E-state index in [1.54, 1.807) is 43.5 Å². The summed E-state index contributed by atoms with van der Waals surface area (Å²) in [6.45, 7) is 0. The Bertz CT molecular complexity index is 1160. The van der Waals surface area contributed by atoms with Crippen molar-refractivity contribution in [1.82, 2.24) is 4.98 Å². The number of fused-ring (bicyclic) bond motifs is 1. The summed E-state index contributed by atoms with van der Waals surface area (Å²) in [5.74, 6) is 0.813. The number of anilines is 1. The van der Waals surface area contributed by atoms with Crippen molar-refractivity contribution in [3.8, 4) is 17.2 Å². The van der Waals surface area contributed by atoms with Crippen molar-refractivity contribution in [1.29, 1.82) is 0 Å². The summed E-state index contributed by atoms with van der Waals surface area (Å²) in [4.78, 5) is 17.1. The molecule has 0 unspecified atom stereocenters. The molecule has 0 aliphatic heterocycles. The van der Waals surface area contributed by atoms with Gasteiger partial charge in [0.25, 0.3) is 5.91 Å². The summed E-state index contributed by atoms with van der Waals surface area (Å²) in [5.41, 5.74) is 3.11. The minimum absolute atomic E-state index is 0.292. The summed E-state index contributed by atoms with van der Waals surface area (Å²) in [7, 11) is 1.57. The number of oxazole rings is 1. The number of carbonyl (C=O) groups is 1. The van der Waals surface area contributed by atoms with Crippen molar-refractivity contribution in [2.75, 3.05) is 12.4 Å². The van der Waals surface area contributed by atoms with E-state index in [4.69, 9.17) is 20.8 Å².